The number of aliphatic hydroxyl groups is 2. The molecule has 3 N–H and O–H groups in total. The van der Waals surface area contributed by atoms with Crippen LogP contribution in [-0.4, -0.2) is 50.4 Å². The quantitative estimate of drug-likeness (QED) is 0.733. The van der Waals surface area contributed by atoms with E-state index in [9.17, 15) is 15.0 Å². The van der Waals surface area contributed by atoms with Crippen molar-refractivity contribution in [1.29, 1.82) is 0 Å². The molecule has 108 valence electrons. The van der Waals surface area contributed by atoms with Crippen molar-refractivity contribution < 1.29 is 10.2 Å². The van der Waals surface area contributed by atoms with Crippen LogP contribution in [0.15, 0.2) is 4.79 Å². The van der Waals surface area contributed by atoms with Gasteiger partial charge in [0.15, 0.2) is 0 Å². The number of fused-ring (bicyclic) bond motifs is 1. The fourth-order valence-electron chi connectivity index (χ4n) is 2.56. The molecule has 3 heterocycles. The lowest BCUT2D eigenvalue weighted by Crippen LogP contribution is -2.24. The largest absolute Gasteiger partial charge is 0.389 e. The highest BCUT2D eigenvalue weighted by Crippen LogP contribution is 2.25. The summed E-state index contributed by atoms with van der Waals surface area (Å²) in [5.41, 5.74) is 0.865. The first-order valence-electron chi connectivity index (χ1n) is 6.53. The first kappa shape index (κ1) is 13.7. The summed E-state index contributed by atoms with van der Waals surface area (Å²) in [5.74, 6) is 0.574. The second-order valence-corrected chi connectivity index (χ2v) is 6.51. The van der Waals surface area contributed by atoms with Crippen molar-refractivity contribution in [2.24, 2.45) is 0 Å². The van der Waals surface area contributed by atoms with E-state index in [2.05, 4.69) is 9.97 Å². The molecule has 2 atom stereocenters. The first-order chi connectivity index (χ1) is 9.45. The summed E-state index contributed by atoms with van der Waals surface area (Å²) in [7, 11) is 0. The molecule has 1 aliphatic rings. The Morgan fingerprint density at radius 3 is 2.65 bits per heavy atom. The van der Waals surface area contributed by atoms with Gasteiger partial charge in [0.05, 0.1) is 24.1 Å². The van der Waals surface area contributed by atoms with Crippen LogP contribution in [0, 0.1) is 13.8 Å². The minimum Gasteiger partial charge on any atom is -0.389 e. The zero-order chi connectivity index (χ0) is 14.4. The number of nitrogens with one attached hydrogen (secondary N) is 1. The number of aliphatic hydroxyl groups excluding tert-OH is 2. The van der Waals surface area contributed by atoms with Crippen LogP contribution in [0.4, 0.5) is 0 Å². The maximum absolute atomic E-state index is 12.1. The maximum atomic E-state index is 12.1. The Balaban J connectivity index is 1.92. The molecule has 0 aliphatic carbocycles. The Morgan fingerprint density at radius 2 is 2.00 bits per heavy atom. The molecule has 20 heavy (non-hydrogen) atoms. The van der Waals surface area contributed by atoms with E-state index in [4.69, 9.17) is 0 Å². The van der Waals surface area contributed by atoms with E-state index in [1.807, 2.05) is 18.7 Å². The van der Waals surface area contributed by atoms with Crippen LogP contribution in [-0.2, 0) is 6.54 Å². The second kappa shape index (κ2) is 4.92. The minimum atomic E-state index is -0.725. The summed E-state index contributed by atoms with van der Waals surface area (Å²) in [4.78, 5) is 23.1. The van der Waals surface area contributed by atoms with Gasteiger partial charge in [0, 0.05) is 18.0 Å². The van der Waals surface area contributed by atoms with Crippen LogP contribution < -0.4 is 5.56 Å². The molecule has 0 bridgehead atoms. The predicted molar refractivity (Wildman–Crippen MR) is 77.0 cm³/mol. The van der Waals surface area contributed by atoms with Crippen LogP contribution in [0.1, 0.15) is 16.3 Å². The molecule has 0 amide bonds. The topological polar surface area (TPSA) is 89.4 Å². The molecule has 2 aromatic rings. The molecule has 1 fully saturated rings. The van der Waals surface area contributed by atoms with Gasteiger partial charge in [-0.2, -0.15) is 0 Å². The van der Waals surface area contributed by atoms with Crippen molar-refractivity contribution >= 4 is 21.6 Å². The van der Waals surface area contributed by atoms with Gasteiger partial charge in [0.2, 0.25) is 0 Å². The summed E-state index contributed by atoms with van der Waals surface area (Å²) < 4.78 is 0. The summed E-state index contributed by atoms with van der Waals surface area (Å²) >= 11 is 1.52. The molecule has 0 unspecified atom stereocenters. The van der Waals surface area contributed by atoms with Gasteiger partial charge in [-0.1, -0.05) is 0 Å². The lowest BCUT2D eigenvalue weighted by atomic mass is 10.2. The van der Waals surface area contributed by atoms with Gasteiger partial charge in [-0.15, -0.1) is 11.3 Å². The van der Waals surface area contributed by atoms with Crippen molar-refractivity contribution in [2.75, 3.05) is 13.1 Å². The summed E-state index contributed by atoms with van der Waals surface area (Å²) in [5, 5.41) is 19.7. The van der Waals surface area contributed by atoms with Gasteiger partial charge in [-0.25, -0.2) is 4.98 Å². The number of rotatable bonds is 2. The number of aryl methyl sites for hydroxylation is 2. The van der Waals surface area contributed by atoms with Gasteiger partial charge in [-0.05, 0) is 19.4 Å². The number of aromatic amines is 1. The third-order valence-electron chi connectivity index (χ3n) is 3.80. The monoisotopic (exact) mass is 295 g/mol. The molecule has 2 aromatic heterocycles. The van der Waals surface area contributed by atoms with E-state index >= 15 is 0 Å². The highest BCUT2D eigenvalue weighted by atomic mass is 32.1. The number of nitrogens with zero attached hydrogens (tertiary/aromatic N) is 2. The van der Waals surface area contributed by atoms with Crippen molar-refractivity contribution in [3.63, 3.8) is 0 Å². The molecule has 0 saturated carbocycles. The zero-order valence-corrected chi connectivity index (χ0v) is 12.2. The Hall–Kier alpha value is -1.28. The van der Waals surface area contributed by atoms with Gasteiger partial charge in [0.25, 0.3) is 5.56 Å². The van der Waals surface area contributed by atoms with Crippen molar-refractivity contribution in [1.82, 2.24) is 14.9 Å². The number of aromatic nitrogens is 2. The van der Waals surface area contributed by atoms with Gasteiger partial charge in [0.1, 0.15) is 10.7 Å². The molecular formula is C13H17N3O3S. The lowest BCUT2D eigenvalue weighted by Gasteiger charge is -2.13. The normalized spacial score (nSPS) is 23.8. The molecule has 6 nitrogen and oxygen atoms in total. The van der Waals surface area contributed by atoms with E-state index in [1.54, 1.807) is 0 Å². The molecule has 0 spiro atoms. The van der Waals surface area contributed by atoms with Crippen molar-refractivity contribution in [3.8, 4) is 0 Å². The maximum Gasteiger partial charge on any atom is 0.259 e. The SMILES string of the molecule is Cc1sc2nc(CN3C[C@@H](O)[C@@H](O)C3)[nH]c(=O)c2c1C. The number of β-amino-alcohol motifs (C(OH)–C–C–N with tert-alkyl or cyclic N) is 2. The van der Waals surface area contributed by atoms with Crippen LogP contribution >= 0.6 is 11.3 Å². The number of thiophene rings is 1. The molecule has 7 heteroatoms. The third kappa shape index (κ3) is 2.26. The summed E-state index contributed by atoms with van der Waals surface area (Å²) in [6.45, 7) is 5.12. The minimum absolute atomic E-state index is 0.118. The van der Waals surface area contributed by atoms with E-state index < -0.39 is 12.2 Å². The van der Waals surface area contributed by atoms with E-state index in [-0.39, 0.29) is 5.56 Å². The van der Waals surface area contributed by atoms with Crippen LogP contribution in [0.3, 0.4) is 0 Å². The third-order valence-corrected chi connectivity index (χ3v) is 4.90. The lowest BCUT2D eigenvalue weighted by molar-refractivity contribution is 0.0572. The molecular weight excluding hydrogens is 278 g/mol. The molecule has 0 radical (unpaired) electrons. The number of H-pyrrole nitrogens is 1. The molecule has 1 aliphatic heterocycles. The van der Waals surface area contributed by atoms with E-state index in [0.29, 0.717) is 30.8 Å². The average molecular weight is 295 g/mol. The zero-order valence-electron chi connectivity index (χ0n) is 11.4. The Labute approximate surface area is 119 Å². The molecule has 0 aromatic carbocycles. The molecule has 1 saturated heterocycles. The number of likely N-dealkylation sites (tertiary alicyclic amines) is 1. The van der Waals surface area contributed by atoms with Crippen molar-refractivity contribution in [2.45, 2.75) is 32.6 Å². The number of hydrogen-bond donors (Lipinski definition) is 3. The predicted octanol–water partition coefficient (Wildman–Crippen LogP) is 0.139. The van der Waals surface area contributed by atoms with Crippen LogP contribution in [0.5, 0.6) is 0 Å². The Bertz CT molecular complexity index is 699. The summed E-state index contributed by atoms with van der Waals surface area (Å²) in [6.07, 6.45) is -1.45. The van der Waals surface area contributed by atoms with Crippen LogP contribution in [0.2, 0.25) is 0 Å². The second-order valence-electron chi connectivity index (χ2n) is 5.30. The fraction of sp³-hybridized carbons (Fsp3) is 0.538. The fourth-order valence-corrected chi connectivity index (χ4v) is 3.61. The van der Waals surface area contributed by atoms with Crippen molar-refractivity contribution in [3.05, 3.63) is 26.6 Å². The smallest absolute Gasteiger partial charge is 0.259 e. The van der Waals surface area contributed by atoms with Gasteiger partial charge < -0.3 is 15.2 Å². The van der Waals surface area contributed by atoms with E-state index in [0.717, 1.165) is 15.3 Å². The molecule has 3 rings (SSSR count). The van der Waals surface area contributed by atoms with E-state index in [1.165, 1.54) is 11.3 Å². The van der Waals surface area contributed by atoms with Gasteiger partial charge >= 0.3 is 0 Å². The summed E-state index contributed by atoms with van der Waals surface area (Å²) in [6, 6.07) is 0. The number of hydrogen-bond acceptors (Lipinski definition) is 6. The first-order valence-corrected chi connectivity index (χ1v) is 7.34. The van der Waals surface area contributed by atoms with Gasteiger partial charge in [-0.3, -0.25) is 9.69 Å². The highest BCUT2D eigenvalue weighted by molar-refractivity contribution is 7.18. The average Bonchev–Trinajstić information content (AvgIpc) is 2.81. The van der Waals surface area contributed by atoms with Crippen LogP contribution in [0.25, 0.3) is 10.2 Å². The highest BCUT2D eigenvalue weighted by Gasteiger charge is 2.29. The Kier molecular flexibility index (Phi) is 3.37. The Morgan fingerprint density at radius 1 is 1.35 bits per heavy atom. The standard InChI is InChI=1S/C13H17N3O3S/c1-6-7(2)20-13-11(6)12(19)14-10(15-13)5-16-3-8(17)9(18)4-16/h8-9,17-18H,3-5H2,1-2H3,(H,14,15,19)/t8-,9+.